The molecule has 1 aromatic carbocycles. The maximum absolute atomic E-state index is 13.2. The van der Waals surface area contributed by atoms with Gasteiger partial charge in [-0.05, 0) is 36.8 Å². The first kappa shape index (κ1) is 18.9. The second-order valence-electron chi connectivity index (χ2n) is 6.66. The van der Waals surface area contributed by atoms with E-state index in [-0.39, 0.29) is 5.56 Å². The van der Waals surface area contributed by atoms with Gasteiger partial charge in [-0.15, -0.1) is 0 Å². The minimum atomic E-state index is -0.189. The number of hydrogen-bond acceptors (Lipinski definition) is 7. The lowest BCUT2D eigenvalue weighted by Gasteiger charge is -2.28. The van der Waals surface area contributed by atoms with E-state index in [1.165, 1.54) is 0 Å². The van der Waals surface area contributed by atoms with E-state index in [0.29, 0.717) is 56.5 Å². The van der Waals surface area contributed by atoms with Crippen LogP contribution in [0.5, 0.6) is 0 Å². The Kier molecular flexibility index (Phi) is 5.71. The van der Waals surface area contributed by atoms with E-state index in [1.54, 1.807) is 29.2 Å². The Labute approximate surface area is 167 Å². The summed E-state index contributed by atoms with van der Waals surface area (Å²) in [6.07, 6.45) is 6.80. The van der Waals surface area contributed by atoms with Crippen LogP contribution in [0.2, 0.25) is 0 Å². The molecule has 148 valence electrons. The van der Waals surface area contributed by atoms with Crippen molar-refractivity contribution in [2.24, 2.45) is 0 Å². The number of carbonyl (C=O) groups excluding carboxylic acids is 1. The van der Waals surface area contributed by atoms with Crippen LogP contribution in [0.1, 0.15) is 12.1 Å². The van der Waals surface area contributed by atoms with Crippen molar-refractivity contribution in [3.63, 3.8) is 0 Å². The maximum atomic E-state index is 13.2. The number of carbonyl (C=O) groups is 1. The number of hydrogen-bond donors (Lipinski definition) is 0. The van der Waals surface area contributed by atoms with E-state index in [2.05, 4.69) is 15.0 Å². The summed E-state index contributed by atoms with van der Waals surface area (Å²) in [5.74, 6) is 1.02. The SMILES string of the molecule is O=CCCc1cn(-c2ccc(-c3ncccn3)cc2)c(=O)c(N2CCOCC2)n1. The van der Waals surface area contributed by atoms with Crippen LogP contribution >= 0.6 is 0 Å². The smallest absolute Gasteiger partial charge is 0.298 e. The molecule has 8 heteroatoms. The molecular formula is C21H21N5O3. The summed E-state index contributed by atoms with van der Waals surface area (Å²) in [4.78, 5) is 39.0. The molecule has 1 saturated heterocycles. The topological polar surface area (TPSA) is 90.2 Å². The van der Waals surface area contributed by atoms with Gasteiger partial charge in [0.25, 0.3) is 5.56 Å². The number of aromatic nitrogens is 4. The lowest BCUT2D eigenvalue weighted by molar-refractivity contribution is -0.107. The molecule has 1 fully saturated rings. The largest absolute Gasteiger partial charge is 0.378 e. The summed E-state index contributed by atoms with van der Waals surface area (Å²) < 4.78 is 6.98. The number of aldehydes is 1. The molecule has 29 heavy (non-hydrogen) atoms. The Morgan fingerprint density at radius 3 is 2.48 bits per heavy atom. The molecule has 8 nitrogen and oxygen atoms in total. The quantitative estimate of drug-likeness (QED) is 0.590. The van der Waals surface area contributed by atoms with Gasteiger partial charge in [0.15, 0.2) is 11.6 Å². The molecule has 3 heterocycles. The highest BCUT2D eigenvalue weighted by molar-refractivity contribution is 5.57. The zero-order valence-electron chi connectivity index (χ0n) is 15.9. The highest BCUT2D eigenvalue weighted by Crippen LogP contribution is 2.18. The summed E-state index contributed by atoms with van der Waals surface area (Å²) in [5, 5.41) is 0. The molecule has 3 aromatic rings. The molecule has 0 N–H and O–H groups in total. The van der Waals surface area contributed by atoms with Crippen molar-refractivity contribution < 1.29 is 9.53 Å². The van der Waals surface area contributed by atoms with E-state index in [4.69, 9.17) is 4.74 Å². The van der Waals surface area contributed by atoms with E-state index < -0.39 is 0 Å². The first-order chi connectivity index (χ1) is 14.3. The molecule has 1 aliphatic heterocycles. The van der Waals surface area contributed by atoms with Gasteiger partial charge in [-0.3, -0.25) is 9.36 Å². The highest BCUT2D eigenvalue weighted by Gasteiger charge is 2.19. The van der Waals surface area contributed by atoms with E-state index in [1.807, 2.05) is 29.2 Å². The normalized spacial score (nSPS) is 14.0. The summed E-state index contributed by atoms with van der Waals surface area (Å²) in [6.45, 7) is 2.35. The molecule has 0 saturated carbocycles. The summed E-state index contributed by atoms with van der Waals surface area (Å²) in [5.41, 5.74) is 2.10. The number of anilines is 1. The van der Waals surface area contributed by atoms with Crippen LogP contribution in [0.25, 0.3) is 17.1 Å². The standard InChI is InChI=1S/C21H21N5O3/c27-12-1-3-17-15-26(21(28)20(24-17)25-10-13-29-14-11-25)18-6-4-16(5-7-18)19-22-8-2-9-23-19/h2,4-9,12,15H,1,3,10-11,13-14H2. The van der Waals surface area contributed by atoms with Crippen molar-refractivity contribution in [1.82, 2.24) is 19.5 Å². The second-order valence-corrected chi connectivity index (χ2v) is 6.66. The van der Waals surface area contributed by atoms with Gasteiger partial charge in [0, 0.05) is 49.4 Å². The monoisotopic (exact) mass is 391 g/mol. The second kappa shape index (κ2) is 8.74. The fourth-order valence-electron chi connectivity index (χ4n) is 3.25. The van der Waals surface area contributed by atoms with Crippen LogP contribution < -0.4 is 10.5 Å². The summed E-state index contributed by atoms with van der Waals surface area (Å²) >= 11 is 0. The number of ether oxygens (including phenoxy) is 1. The highest BCUT2D eigenvalue weighted by atomic mass is 16.5. The lowest BCUT2D eigenvalue weighted by Crippen LogP contribution is -2.41. The molecule has 0 aliphatic carbocycles. The minimum Gasteiger partial charge on any atom is -0.378 e. The average Bonchev–Trinajstić information content (AvgIpc) is 2.79. The molecule has 0 amide bonds. The number of aryl methyl sites for hydroxylation is 1. The van der Waals surface area contributed by atoms with Crippen molar-refractivity contribution in [1.29, 1.82) is 0 Å². The molecule has 0 bridgehead atoms. The fourth-order valence-corrected chi connectivity index (χ4v) is 3.25. The van der Waals surface area contributed by atoms with Crippen LogP contribution in [-0.2, 0) is 16.0 Å². The predicted octanol–water partition coefficient (Wildman–Crippen LogP) is 1.66. The molecular weight excluding hydrogens is 370 g/mol. The zero-order chi connectivity index (χ0) is 20.1. The predicted molar refractivity (Wildman–Crippen MR) is 108 cm³/mol. The molecule has 2 aromatic heterocycles. The van der Waals surface area contributed by atoms with Gasteiger partial charge in [-0.25, -0.2) is 15.0 Å². The van der Waals surface area contributed by atoms with Gasteiger partial charge in [0.05, 0.1) is 18.9 Å². The zero-order valence-corrected chi connectivity index (χ0v) is 15.9. The van der Waals surface area contributed by atoms with Gasteiger partial charge >= 0.3 is 0 Å². The fraction of sp³-hybridized carbons (Fsp3) is 0.286. The van der Waals surface area contributed by atoms with Crippen LogP contribution in [0.15, 0.2) is 53.7 Å². The van der Waals surface area contributed by atoms with Gasteiger partial charge in [0.1, 0.15) is 6.29 Å². The number of nitrogens with zero attached hydrogens (tertiary/aromatic N) is 5. The van der Waals surface area contributed by atoms with Crippen molar-refractivity contribution in [2.45, 2.75) is 12.8 Å². The average molecular weight is 391 g/mol. The van der Waals surface area contributed by atoms with Gasteiger partial charge in [0.2, 0.25) is 0 Å². The minimum absolute atomic E-state index is 0.189. The third kappa shape index (κ3) is 4.22. The summed E-state index contributed by atoms with van der Waals surface area (Å²) in [7, 11) is 0. The van der Waals surface area contributed by atoms with Gasteiger partial charge in [-0.2, -0.15) is 0 Å². The van der Waals surface area contributed by atoms with Crippen LogP contribution in [-0.4, -0.2) is 52.1 Å². The van der Waals surface area contributed by atoms with E-state index in [0.717, 1.165) is 17.5 Å². The number of rotatable bonds is 6. The van der Waals surface area contributed by atoms with Crippen molar-refractivity contribution in [2.75, 3.05) is 31.2 Å². The van der Waals surface area contributed by atoms with Crippen molar-refractivity contribution >= 4 is 12.1 Å². The molecule has 0 unspecified atom stereocenters. The third-order valence-electron chi connectivity index (χ3n) is 4.74. The molecule has 0 radical (unpaired) electrons. The first-order valence-electron chi connectivity index (χ1n) is 9.53. The van der Waals surface area contributed by atoms with Gasteiger partial charge < -0.3 is 14.4 Å². The molecule has 4 rings (SSSR count). The molecule has 1 aliphatic rings. The number of morpholine rings is 1. The van der Waals surface area contributed by atoms with Crippen LogP contribution in [0, 0.1) is 0 Å². The van der Waals surface area contributed by atoms with Crippen molar-refractivity contribution in [3.8, 4) is 17.1 Å². The first-order valence-corrected chi connectivity index (χ1v) is 9.53. The third-order valence-corrected chi connectivity index (χ3v) is 4.74. The summed E-state index contributed by atoms with van der Waals surface area (Å²) in [6, 6.07) is 9.26. The van der Waals surface area contributed by atoms with Crippen LogP contribution in [0.3, 0.4) is 0 Å². The lowest BCUT2D eigenvalue weighted by atomic mass is 10.2. The molecule has 0 atom stereocenters. The number of benzene rings is 1. The molecule has 0 spiro atoms. The Balaban J connectivity index is 1.73. The maximum Gasteiger partial charge on any atom is 0.298 e. The Morgan fingerprint density at radius 2 is 1.79 bits per heavy atom. The van der Waals surface area contributed by atoms with E-state index >= 15 is 0 Å². The van der Waals surface area contributed by atoms with Crippen LogP contribution in [0.4, 0.5) is 5.82 Å². The van der Waals surface area contributed by atoms with E-state index in [9.17, 15) is 9.59 Å². The van der Waals surface area contributed by atoms with Gasteiger partial charge in [-0.1, -0.05) is 0 Å². The Bertz CT molecular complexity index is 1030. The van der Waals surface area contributed by atoms with Crippen molar-refractivity contribution in [3.05, 3.63) is 65.0 Å². The Morgan fingerprint density at radius 1 is 1.07 bits per heavy atom. The Hall–Kier alpha value is -3.39.